The van der Waals surface area contributed by atoms with E-state index in [9.17, 15) is 14.2 Å². The zero-order valence-corrected chi connectivity index (χ0v) is 33.9. The first-order valence-electron chi connectivity index (χ1n) is 16.4. The molecule has 258 valence electrons. The molecule has 0 aromatic heterocycles. The smallest absolute Gasteiger partial charge is 0.369 e. The van der Waals surface area contributed by atoms with Gasteiger partial charge in [0.15, 0.2) is 0 Å². The van der Waals surface area contributed by atoms with E-state index < -0.39 is 19.8 Å². The minimum atomic E-state index is -3.93. The Bertz CT molecular complexity index is 743. The minimum absolute atomic E-state index is 0. The molecule has 11 heteroatoms. The van der Waals surface area contributed by atoms with Gasteiger partial charge in [0.25, 0.3) is 0 Å². The molecule has 0 rings (SSSR count). The van der Waals surface area contributed by atoms with Crippen LogP contribution in [0.5, 0.6) is 0 Å². The second-order valence-electron chi connectivity index (χ2n) is 13.6. The molecule has 0 aromatic carbocycles. The van der Waals surface area contributed by atoms with Crippen LogP contribution in [0.3, 0.4) is 0 Å². The molecule has 0 bridgehead atoms. The summed E-state index contributed by atoms with van der Waals surface area (Å²) in [5.74, 6) is 0. The van der Waals surface area contributed by atoms with Crippen molar-refractivity contribution >= 4 is 14.7 Å². The first-order valence-corrected chi connectivity index (χ1v) is 20.5. The Balaban J connectivity index is -0.00000760. The molecule has 1 atom stereocenters. The van der Waals surface area contributed by atoms with Crippen LogP contribution < -0.4 is 34.0 Å². The minimum Gasteiger partial charge on any atom is -1.00 e. The maximum absolute atomic E-state index is 13.5. The Kier molecular flexibility index (Phi) is 27.7. The fourth-order valence-electron chi connectivity index (χ4n) is 5.56. The van der Waals surface area contributed by atoms with E-state index in [4.69, 9.17) is 9.05 Å². The number of hydrogen-bond donors (Lipinski definition) is 1. The number of nitrogens with zero attached hydrogens (tertiary/aromatic N) is 2. The van der Waals surface area contributed by atoms with Crippen LogP contribution in [0, 0.1) is 0 Å². The fraction of sp³-hybridized carbons (Fsp3) is 1.00. The Morgan fingerprint density at radius 1 is 0.571 bits per heavy atom. The van der Waals surface area contributed by atoms with Gasteiger partial charge in [-0.25, -0.2) is 0 Å². The normalized spacial score (nSPS) is 14.2. The molecule has 42 heavy (non-hydrogen) atoms. The lowest BCUT2D eigenvalue weighted by Crippen LogP contribution is -3.00. The van der Waals surface area contributed by atoms with Crippen molar-refractivity contribution in [2.24, 2.45) is 0 Å². The summed E-state index contributed by atoms with van der Waals surface area (Å²) < 4.78 is 39.3. The van der Waals surface area contributed by atoms with Gasteiger partial charge in [0.2, 0.25) is 5.08 Å². The lowest BCUT2D eigenvalue weighted by atomic mass is 10.1. The molecule has 0 aliphatic carbocycles. The molecule has 0 amide bonds. The summed E-state index contributed by atoms with van der Waals surface area (Å²) >= 11 is 0. The van der Waals surface area contributed by atoms with Crippen LogP contribution in [-0.2, 0) is 18.2 Å². The number of hydrogen-bond acceptors (Lipinski definition) is 5. The molecule has 0 fully saturated rings. The monoisotopic (exact) mass is 770 g/mol. The number of halogens is 2. The summed E-state index contributed by atoms with van der Waals surface area (Å²) in [6, 6.07) is 0. The van der Waals surface area contributed by atoms with E-state index in [0.29, 0.717) is 6.42 Å². The van der Waals surface area contributed by atoms with E-state index in [0.717, 1.165) is 35.0 Å². The lowest BCUT2D eigenvalue weighted by Gasteiger charge is -2.38. The fourth-order valence-corrected chi connectivity index (χ4v) is 10.6. The Morgan fingerprint density at radius 2 is 0.905 bits per heavy atom. The molecular weight excluding hydrogens is 702 g/mol. The van der Waals surface area contributed by atoms with Gasteiger partial charge in [0, 0.05) is 19.3 Å². The Hall–Kier alpha value is 1.22. The summed E-state index contributed by atoms with van der Waals surface area (Å²) in [5, 5.41) is 9.47. The highest BCUT2D eigenvalue weighted by Gasteiger charge is 2.57. The molecule has 0 aliphatic rings. The highest BCUT2D eigenvalue weighted by atomic mass is 79.9. The predicted molar refractivity (Wildman–Crippen MR) is 174 cm³/mol. The second kappa shape index (κ2) is 24.4. The molecule has 0 saturated heterocycles. The second-order valence-corrected chi connectivity index (χ2v) is 19.6. The van der Waals surface area contributed by atoms with Crippen LogP contribution >= 0.6 is 14.7 Å². The van der Waals surface area contributed by atoms with Crippen LogP contribution in [0.2, 0.25) is 0 Å². The first-order chi connectivity index (χ1) is 18.6. The Labute approximate surface area is 282 Å². The van der Waals surface area contributed by atoms with Gasteiger partial charge in [0.05, 0.1) is 67.6 Å². The molecule has 1 N–H and O–H groups in total. The van der Waals surface area contributed by atoms with Gasteiger partial charge in [-0.15, -0.1) is 0 Å². The highest BCUT2D eigenvalue weighted by Crippen LogP contribution is 2.74. The molecule has 7 nitrogen and oxygen atoms in total. The number of quaternary nitrogens is 2. The Morgan fingerprint density at radius 3 is 1.26 bits per heavy atom. The quantitative estimate of drug-likeness (QED) is 0.0791. The molecule has 0 saturated carbocycles. The predicted octanol–water partition coefficient (Wildman–Crippen LogP) is 2.55. The largest absolute Gasteiger partial charge is 1.00 e. The van der Waals surface area contributed by atoms with Crippen LogP contribution in [0.15, 0.2) is 0 Å². The van der Waals surface area contributed by atoms with Crippen molar-refractivity contribution in [3.8, 4) is 0 Å². The lowest BCUT2D eigenvalue weighted by molar-refractivity contribution is -0.909. The summed E-state index contributed by atoms with van der Waals surface area (Å²) in [6.07, 6.45) is 18.5. The number of aliphatic hydroxyl groups is 1. The van der Waals surface area contributed by atoms with Crippen molar-refractivity contribution in [2.75, 3.05) is 80.9 Å². The average Bonchev–Trinajstić information content (AvgIpc) is 2.83. The maximum Gasteiger partial charge on any atom is 0.369 e. The van der Waals surface area contributed by atoms with Crippen LogP contribution in [-0.4, -0.2) is 100 Å². The van der Waals surface area contributed by atoms with Gasteiger partial charge >= 0.3 is 7.60 Å². The van der Waals surface area contributed by atoms with Gasteiger partial charge in [-0.1, -0.05) is 71.1 Å². The third-order valence-electron chi connectivity index (χ3n) is 8.32. The van der Waals surface area contributed by atoms with Crippen molar-refractivity contribution < 1.29 is 66.2 Å². The van der Waals surface area contributed by atoms with E-state index in [-0.39, 0.29) is 53.6 Å². The topological polar surface area (TPSA) is 72.8 Å². The summed E-state index contributed by atoms with van der Waals surface area (Å²) in [7, 11) is 1.97. The SMILES string of the molecule is CCCCCCCCCCCCCC[N+](C)(C)CCC[N+](C)(C)CCCC(O)(P(C)(C)=O)P(=O)(OCC)OCC.[Br-].[Br-]. The van der Waals surface area contributed by atoms with E-state index in [2.05, 4.69) is 35.1 Å². The van der Waals surface area contributed by atoms with E-state index in [1.807, 2.05) is 0 Å². The molecular formula is C31H70Br2N2O5P2. The molecule has 0 aliphatic heterocycles. The van der Waals surface area contributed by atoms with Crippen LogP contribution in [0.25, 0.3) is 0 Å². The average molecular weight is 773 g/mol. The number of unbranched alkanes of at least 4 members (excludes halogenated alkanes) is 11. The molecule has 1 unspecified atom stereocenters. The third-order valence-corrected chi connectivity index (χ3v) is 14.7. The summed E-state index contributed by atoms with van der Waals surface area (Å²) in [6.45, 7) is 13.1. The zero-order valence-electron chi connectivity index (χ0n) is 29.0. The van der Waals surface area contributed by atoms with E-state index in [1.54, 1.807) is 13.8 Å². The van der Waals surface area contributed by atoms with Gasteiger partial charge in [-0.3, -0.25) is 4.57 Å². The van der Waals surface area contributed by atoms with E-state index in [1.165, 1.54) is 96.9 Å². The molecule has 0 heterocycles. The van der Waals surface area contributed by atoms with Crippen molar-refractivity contribution in [2.45, 2.75) is 122 Å². The molecule has 0 aromatic rings. The van der Waals surface area contributed by atoms with Gasteiger partial charge in [0.1, 0.15) is 7.14 Å². The third kappa shape index (κ3) is 19.7. The highest BCUT2D eigenvalue weighted by molar-refractivity contribution is 7.78. The van der Waals surface area contributed by atoms with Crippen molar-refractivity contribution in [1.82, 2.24) is 0 Å². The van der Waals surface area contributed by atoms with Crippen molar-refractivity contribution in [3.05, 3.63) is 0 Å². The van der Waals surface area contributed by atoms with Gasteiger partial charge in [-0.05, 0) is 40.0 Å². The van der Waals surface area contributed by atoms with E-state index >= 15 is 0 Å². The molecule has 0 spiro atoms. The van der Waals surface area contributed by atoms with Crippen molar-refractivity contribution in [3.63, 3.8) is 0 Å². The van der Waals surface area contributed by atoms with Crippen LogP contribution in [0.4, 0.5) is 0 Å². The summed E-state index contributed by atoms with van der Waals surface area (Å²) in [4.78, 5) is 0. The van der Waals surface area contributed by atoms with Crippen LogP contribution in [0.1, 0.15) is 117 Å². The zero-order chi connectivity index (χ0) is 30.8. The molecule has 0 radical (unpaired) electrons. The van der Waals surface area contributed by atoms with Crippen molar-refractivity contribution in [1.29, 1.82) is 0 Å². The standard InChI is InChI=1S/C31H70N2O5P2.2BrH/c1-10-13-14-15-16-17-18-19-20-21-22-23-27-32(4,5)29-25-30-33(6,7)28-24-26-31(34,39(8,9)35)40(36,37-11-2)38-12-3;;/h34H,10-30H2,1-9H3;2*1H/q+2;;/p-2. The maximum atomic E-state index is 13.5. The summed E-state index contributed by atoms with van der Waals surface area (Å²) in [5.41, 5.74) is 0. The first kappa shape index (κ1) is 47.6. The van der Waals surface area contributed by atoms with Gasteiger partial charge < -0.3 is 61.6 Å². The van der Waals surface area contributed by atoms with Gasteiger partial charge in [-0.2, -0.15) is 0 Å². The number of rotatable bonds is 27.